The van der Waals surface area contributed by atoms with E-state index in [0.717, 1.165) is 6.92 Å². The fraction of sp³-hybridized carbons (Fsp3) is 0.500. The van der Waals surface area contributed by atoms with Gasteiger partial charge in [-0.05, 0) is 6.92 Å². The van der Waals surface area contributed by atoms with Crippen molar-refractivity contribution in [1.82, 2.24) is 0 Å². The predicted molar refractivity (Wildman–Crippen MR) is 30.6 cm³/mol. The molecule has 8 nitrogen and oxygen atoms in total. The van der Waals surface area contributed by atoms with Gasteiger partial charge in [0.25, 0.3) is 0 Å². The first-order valence-electron chi connectivity index (χ1n) is 2.70. The molecule has 0 aromatic carbocycles. The summed E-state index contributed by atoms with van der Waals surface area (Å²) in [5.41, 5.74) is 0. The van der Waals surface area contributed by atoms with Crippen molar-refractivity contribution in [3.8, 4) is 0 Å². The van der Waals surface area contributed by atoms with Crippen LogP contribution in [-0.2, 0) is 24.5 Å². The van der Waals surface area contributed by atoms with Gasteiger partial charge < -0.3 is 0 Å². The lowest BCUT2D eigenvalue weighted by atomic mass is 10.3. The molecule has 0 saturated carbocycles. The molecule has 0 amide bonds. The summed E-state index contributed by atoms with van der Waals surface area (Å²) < 4.78 is 0. The summed E-state index contributed by atoms with van der Waals surface area (Å²) in [5, 5.41) is 11.4. The third kappa shape index (κ3) is 6.42. The van der Waals surface area contributed by atoms with Gasteiger partial charge in [-0.2, -0.15) is 0 Å². The van der Waals surface area contributed by atoms with Crippen LogP contribution in [0.5, 0.6) is 0 Å². The van der Waals surface area contributed by atoms with Gasteiger partial charge in [-0.1, -0.05) is 0 Å². The number of hydrogen-bond donors (Lipinski definition) is 0. The van der Waals surface area contributed by atoms with Gasteiger partial charge in [0.05, 0.1) is 0 Å². The molecule has 0 rings (SSSR count). The Morgan fingerprint density at radius 3 is 2.50 bits per heavy atom. The maximum atomic E-state index is 10.4. The Morgan fingerprint density at radius 2 is 2.08 bits per heavy atom. The van der Waals surface area contributed by atoms with Gasteiger partial charge >= 0.3 is 11.1 Å². The standard InChI is InChI=1S/C4H5NO7/c1-3(6)2-4(7)10-12-11-5(8)9/h2H2,1H3. The van der Waals surface area contributed by atoms with Crippen LogP contribution in [0.1, 0.15) is 13.3 Å². The Hall–Kier alpha value is -1.70. The van der Waals surface area contributed by atoms with Gasteiger partial charge in [0, 0.05) is 5.04 Å². The van der Waals surface area contributed by atoms with E-state index in [0.29, 0.717) is 0 Å². The zero-order valence-corrected chi connectivity index (χ0v) is 6.01. The largest absolute Gasteiger partial charge is 0.352 e. The van der Waals surface area contributed by atoms with Crippen LogP contribution in [0.2, 0.25) is 0 Å². The smallest absolute Gasteiger partial charge is 0.299 e. The van der Waals surface area contributed by atoms with Gasteiger partial charge in [-0.15, -0.1) is 15.1 Å². The van der Waals surface area contributed by atoms with E-state index in [4.69, 9.17) is 0 Å². The molecule has 0 saturated heterocycles. The number of carbonyl (C=O) groups excluding carboxylic acids is 2. The van der Waals surface area contributed by atoms with E-state index in [1.165, 1.54) is 0 Å². The average molecular weight is 179 g/mol. The zero-order chi connectivity index (χ0) is 9.56. The highest BCUT2D eigenvalue weighted by molar-refractivity contribution is 5.93. The number of hydrogen-bond acceptors (Lipinski definition) is 7. The van der Waals surface area contributed by atoms with E-state index >= 15 is 0 Å². The minimum absolute atomic E-state index is 0.454. The van der Waals surface area contributed by atoms with E-state index in [-0.39, 0.29) is 0 Å². The quantitative estimate of drug-likeness (QED) is 0.244. The lowest BCUT2D eigenvalue weighted by Gasteiger charge is -1.96. The van der Waals surface area contributed by atoms with Crippen LogP contribution >= 0.6 is 0 Å². The Kier molecular flexibility index (Phi) is 4.31. The minimum atomic E-state index is -1.32. The molecule has 8 heteroatoms. The number of Topliss-reactive ketones (excluding diaryl/α,β-unsaturated/α-hetero) is 1. The highest BCUT2D eigenvalue weighted by Gasteiger charge is 2.08. The Labute approximate surface area is 66.0 Å². The lowest BCUT2D eigenvalue weighted by molar-refractivity contribution is -0.885. The number of ketones is 1. The normalized spacial score (nSPS) is 8.75. The lowest BCUT2D eigenvalue weighted by Crippen LogP contribution is -2.11. The summed E-state index contributed by atoms with van der Waals surface area (Å²) in [4.78, 5) is 36.8. The van der Waals surface area contributed by atoms with Gasteiger partial charge in [0.15, 0.2) is 0 Å². The van der Waals surface area contributed by atoms with Crippen LogP contribution in [0.15, 0.2) is 0 Å². The predicted octanol–water partition coefficient (Wildman–Crippen LogP) is -0.436. The first-order chi connectivity index (χ1) is 5.52. The third-order valence-electron chi connectivity index (χ3n) is 0.612. The van der Waals surface area contributed by atoms with Crippen molar-refractivity contribution in [1.29, 1.82) is 0 Å². The van der Waals surface area contributed by atoms with Crippen LogP contribution < -0.4 is 0 Å². The summed E-state index contributed by atoms with van der Waals surface area (Å²) in [5.74, 6) is -1.52. The molecule has 68 valence electrons. The maximum Gasteiger partial charge on any atom is 0.352 e. The van der Waals surface area contributed by atoms with E-state index in [2.05, 4.69) is 14.9 Å². The Morgan fingerprint density at radius 1 is 1.50 bits per heavy atom. The topological polar surface area (TPSA) is 105 Å². The molecule has 0 heterocycles. The van der Waals surface area contributed by atoms with E-state index in [1.54, 1.807) is 0 Å². The molecule has 0 aliphatic carbocycles. The van der Waals surface area contributed by atoms with E-state index in [1.807, 2.05) is 0 Å². The molecule has 0 N–H and O–H groups in total. The zero-order valence-electron chi connectivity index (χ0n) is 6.01. The monoisotopic (exact) mass is 179 g/mol. The van der Waals surface area contributed by atoms with Crippen LogP contribution in [-0.4, -0.2) is 16.8 Å². The molecule has 0 fully saturated rings. The molecular weight excluding hydrogens is 174 g/mol. The van der Waals surface area contributed by atoms with Gasteiger partial charge in [-0.3, -0.25) is 9.68 Å². The third-order valence-corrected chi connectivity index (χ3v) is 0.612. The van der Waals surface area contributed by atoms with Crippen molar-refractivity contribution in [2.75, 3.05) is 0 Å². The number of carbonyl (C=O) groups is 2. The molecule has 0 aliphatic rings. The fourth-order valence-corrected chi connectivity index (χ4v) is 0.311. The van der Waals surface area contributed by atoms with E-state index < -0.39 is 23.3 Å². The van der Waals surface area contributed by atoms with Crippen LogP contribution in [0.4, 0.5) is 0 Å². The highest BCUT2D eigenvalue weighted by Crippen LogP contribution is 1.89. The number of nitrogens with zero attached hydrogens (tertiary/aromatic N) is 1. The molecule has 12 heavy (non-hydrogen) atoms. The van der Waals surface area contributed by atoms with Gasteiger partial charge in [0.2, 0.25) is 0 Å². The number of rotatable bonds is 5. The van der Waals surface area contributed by atoms with Crippen molar-refractivity contribution in [3.05, 3.63) is 10.1 Å². The van der Waals surface area contributed by atoms with Crippen molar-refractivity contribution >= 4 is 11.8 Å². The van der Waals surface area contributed by atoms with Crippen molar-refractivity contribution in [3.63, 3.8) is 0 Å². The first kappa shape index (κ1) is 10.3. The highest BCUT2D eigenvalue weighted by atomic mass is 17.6. The summed E-state index contributed by atoms with van der Waals surface area (Å²) in [6.07, 6.45) is -0.527. The summed E-state index contributed by atoms with van der Waals surface area (Å²) in [6, 6.07) is 0. The van der Waals surface area contributed by atoms with Crippen LogP contribution in [0.3, 0.4) is 0 Å². The van der Waals surface area contributed by atoms with Gasteiger partial charge in [0.1, 0.15) is 12.2 Å². The fourth-order valence-electron chi connectivity index (χ4n) is 0.311. The molecule has 0 aliphatic heterocycles. The molecular formula is C4H5NO7. The first-order valence-corrected chi connectivity index (χ1v) is 2.70. The Bertz CT molecular complexity index is 200. The van der Waals surface area contributed by atoms with Crippen LogP contribution in [0, 0.1) is 10.1 Å². The Balaban J connectivity index is 3.44. The summed E-state index contributed by atoms with van der Waals surface area (Å²) in [6.45, 7) is 1.15. The van der Waals surface area contributed by atoms with Crippen molar-refractivity contribution < 1.29 is 29.6 Å². The SMILES string of the molecule is CC(=O)CC(=O)OOO[N+](=O)[O-]. The molecule has 0 unspecified atom stereocenters. The second-order valence-corrected chi connectivity index (χ2v) is 1.70. The van der Waals surface area contributed by atoms with Crippen molar-refractivity contribution in [2.24, 2.45) is 0 Å². The summed E-state index contributed by atoms with van der Waals surface area (Å²) in [7, 11) is 0. The van der Waals surface area contributed by atoms with Gasteiger partial charge in [-0.25, -0.2) is 4.79 Å². The summed E-state index contributed by atoms with van der Waals surface area (Å²) >= 11 is 0. The maximum absolute atomic E-state index is 10.4. The average Bonchev–Trinajstić information content (AvgIpc) is 1.84. The second kappa shape index (κ2) is 5.02. The molecule has 0 spiro atoms. The second-order valence-electron chi connectivity index (χ2n) is 1.70. The molecule has 0 atom stereocenters. The molecule has 0 radical (unpaired) electrons. The minimum Gasteiger partial charge on any atom is -0.299 e. The van der Waals surface area contributed by atoms with Crippen LogP contribution in [0.25, 0.3) is 0 Å². The van der Waals surface area contributed by atoms with E-state index in [9.17, 15) is 19.7 Å². The molecule has 0 bridgehead atoms. The molecule has 0 aromatic heterocycles. The van der Waals surface area contributed by atoms with Crippen molar-refractivity contribution in [2.45, 2.75) is 13.3 Å². The molecule has 0 aromatic rings.